The van der Waals surface area contributed by atoms with Crippen molar-refractivity contribution in [2.45, 2.75) is 6.61 Å². The van der Waals surface area contributed by atoms with Gasteiger partial charge in [0.1, 0.15) is 18.2 Å². The summed E-state index contributed by atoms with van der Waals surface area (Å²) in [7, 11) is 1.51. The normalized spacial score (nSPS) is 11.1. The smallest absolute Gasteiger partial charge is 0.266 e. The summed E-state index contributed by atoms with van der Waals surface area (Å²) in [5, 5.41) is 14.8. The third-order valence-electron chi connectivity index (χ3n) is 5.26. The second-order valence-corrected chi connectivity index (χ2v) is 9.25. The number of hydrogen-bond donors (Lipinski definition) is 1. The molecule has 0 aromatic heterocycles. The van der Waals surface area contributed by atoms with E-state index in [4.69, 9.17) is 21.1 Å². The highest BCUT2D eigenvalue weighted by molar-refractivity contribution is 14.1. The van der Waals surface area contributed by atoms with Crippen molar-refractivity contribution in [2.75, 3.05) is 12.4 Å². The molecule has 4 rings (SSSR count). The predicted molar refractivity (Wildman–Crippen MR) is 148 cm³/mol. The summed E-state index contributed by atoms with van der Waals surface area (Å²) in [4.78, 5) is 12.6. The number of amides is 1. The van der Waals surface area contributed by atoms with Crippen LogP contribution >= 0.6 is 34.2 Å². The van der Waals surface area contributed by atoms with Crippen LogP contribution in [0.1, 0.15) is 11.1 Å². The number of benzene rings is 4. The van der Waals surface area contributed by atoms with E-state index in [1.54, 1.807) is 18.2 Å². The Morgan fingerprint density at radius 3 is 2.63 bits per heavy atom. The molecule has 0 aliphatic heterocycles. The minimum Gasteiger partial charge on any atom is -0.493 e. The van der Waals surface area contributed by atoms with Crippen LogP contribution in [0.3, 0.4) is 0 Å². The fraction of sp³-hybridized carbons (Fsp3) is 0.0714. The van der Waals surface area contributed by atoms with Crippen molar-refractivity contribution < 1.29 is 14.3 Å². The van der Waals surface area contributed by atoms with Gasteiger partial charge in [0, 0.05) is 9.26 Å². The molecule has 0 saturated carbocycles. The lowest BCUT2D eigenvalue weighted by molar-refractivity contribution is -0.112. The van der Waals surface area contributed by atoms with Gasteiger partial charge >= 0.3 is 0 Å². The van der Waals surface area contributed by atoms with Gasteiger partial charge in [-0.25, -0.2) is 0 Å². The third kappa shape index (κ3) is 5.94. The molecule has 0 bridgehead atoms. The van der Waals surface area contributed by atoms with Crippen LogP contribution in [0.2, 0.25) is 5.02 Å². The molecule has 0 heterocycles. The molecule has 174 valence electrons. The van der Waals surface area contributed by atoms with Gasteiger partial charge in [-0.3, -0.25) is 4.79 Å². The van der Waals surface area contributed by atoms with E-state index in [0.717, 1.165) is 19.9 Å². The third-order valence-corrected chi connectivity index (χ3v) is 6.21. The maximum Gasteiger partial charge on any atom is 0.266 e. The van der Waals surface area contributed by atoms with Gasteiger partial charge in [0.2, 0.25) is 0 Å². The van der Waals surface area contributed by atoms with Gasteiger partial charge in [0.05, 0.1) is 12.1 Å². The fourth-order valence-electron chi connectivity index (χ4n) is 3.61. The lowest BCUT2D eigenvalue weighted by atomic mass is 10.1. The number of nitrogens with zero attached hydrogens (tertiary/aromatic N) is 1. The number of methoxy groups -OCH3 is 1. The summed E-state index contributed by atoms with van der Waals surface area (Å²) < 4.78 is 12.5. The first-order valence-electron chi connectivity index (χ1n) is 10.6. The number of fused-ring (bicyclic) bond motifs is 1. The molecule has 0 saturated heterocycles. The van der Waals surface area contributed by atoms with Crippen LogP contribution < -0.4 is 14.8 Å². The molecule has 0 radical (unpaired) electrons. The van der Waals surface area contributed by atoms with Gasteiger partial charge in [-0.15, -0.1) is 0 Å². The molecule has 7 heteroatoms. The van der Waals surface area contributed by atoms with Crippen molar-refractivity contribution in [1.82, 2.24) is 0 Å². The standard InChI is InChI=1S/C28H20ClIN2O3/c1-34-26-14-18(12-21(16-31)28(33)32-23-10-5-9-22(30)15-23)13-25(29)27(26)35-17-20-8-4-7-19-6-2-3-11-24(19)20/h2-15H,17H2,1H3,(H,32,33)/b21-12+. The lowest BCUT2D eigenvalue weighted by Crippen LogP contribution is -2.13. The number of hydrogen-bond acceptors (Lipinski definition) is 4. The zero-order valence-corrected chi connectivity index (χ0v) is 21.6. The number of halogens is 2. The summed E-state index contributed by atoms with van der Waals surface area (Å²) in [6.07, 6.45) is 1.46. The molecule has 1 N–H and O–H groups in total. The van der Waals surface area contributed by atoms with Crippen molar-refractivity contribution in [1.29, 1.82) is 5.26 Å². The highest BCUT2D eigenvalue weighted by atomic mass is 127. The number of nitriles is 1. The van der Waals surface area contributed by atoms with E-state index < -0.39 is 5.91 Å². The average molecular weight is 595 g/mol. The first-order chi connectivity index (χ1) is 17.0. The Bertz CT molecular complexity index is 1470. The van der Waals surface area contributed by atoms with Crippen molar-refractivity contribution in [2.24, 2.45) is 0 Å². The molecular formula is C28H20ClIN2O3. The molecule has 0 atom stereocenters. The number of ether oxygens (including phenoxy) is 2. The fourth-order valence-corrected chi connectivity index (χ4v) is 4.43. The van der Waals surface area contributed by atoms with Crippen molar-refractivity contribution in [3.8, 4) is 17.6 Å². The minimum absolute atomic E-state index is 0.0635. The molecule has 0 fully saturated rings. The van der Waals surface area contributed by atoms with Crippen LogP contribution in [0.4, 0.5) is 5.69 Å². The van der Waals surface area contributed by atoms with Crippen molar-refractivity contribution in [3.05, 3.63) is 104 Å². The number of anilines is 1. The summed E-state index contributed by atoms with van der Waals surface area (Å²) in [6, 6.07) is 26.7. The summed E-state index contributed by atoms with van der Waals surface area (Å²) in [6.45, 7) is 0.300. The number of nitrogens with one attached hydrogen (secondary N) is 1. The van der Waals surface area contributed by atoms with Crippen LogP contribution in [0.15, 0.2) is 84.4 Å². The maximum absolute atomic E-state index is 12.6. The molecular weight excluding hydrogens is 575 g/mol. The Kier molecular flexibility index (Phi) is 7.91. The highest BCUT2D eigenvalue weighted by Gasteiger charge is 2.15. The van der Waals surface area contributed by atoms with E-state index in [1.807, 2.05) is 54.6 Å². The number of carbonyl (C=O) groups is 1. The monoisotopic (exact) mass is 594 g/mol. The molecule has 4 aromatic rings. The van der Waals surface area contributed by atoms with E-state index in [1.165, 1.54) is 13.2 Å². The topological polar surface area (TPSA) is 71.3 Å². The zero-order chi connectivity index (χ0) is 24.8. The molecule has 0 spiro atoms. The molecule has 0 aliphatic rings. The summed E-state index contributed by atoms with van der Waals surface area (Å²) >= 11 is 8.69. The van der Waals surface area contributed by atoms with Crippen LogP contribution in [0.5, 0.6) is 11.5 Å². The van der Waals surface area contributed by atoms with Gasteiger partial charge in [-0.2, -0.15) is 5.26 Å². The average Bonchev–Trinajstić information content (AvgIpc) is 2.86. The van der Waals surface area contributed by atoms with Gasteiger partial charge in [0.25, 0.3) is 5.91 Å². The Labute approximate surface area is 222 Å². The Morgan fingerprint density at radius 1 is 1.09 bits per heavy atom. The van der Waals surface area contributed by atoms with E-state index >= 15 is 0 Å². The minimum atomic E-state index is -0.513. The molecule has 0 aliphatic carbocycles. The Balaban J connectivity index is 1.57. The van der Waals surface area contributed by atoms with Gasteiger partial charge in [0.15, 0.2) is 11.5 Å². The van der Waals surface area contributed by atoms with Crippen molar-refractivity contribution >= 4 is 62.6 Å². The van der Waals surface area contributed by atoms with E-state index in [-0.39, 0.29) is 5.57 Å². The number of carbonyl (C=O) groups excluding carboxylic acids is 1. The highest BCUT2D eigenvalue weighted by Crippen LogP contribution is 2.38. The molecule has 5 nitrogen and oxygen atoms in total. The van der Waals surface area contributed by atoms with Crippen LogP contribution in [0, 0.1) is 14.9 Å². The lowest BCUT2D eigenvalue weighted by Gasteiger charge is -2.14. The Hall–Kier alpha value is -3.54. The van der Waals surface area contributed by atoms with Crippen LogP contribution in [-0.2, 0) is 11.4 Å². The van der Waals surface area contributed by atoms with Crippen LogP contribution in [0.25, 0.3) is 16.8 Å². The van der Waals surface area contributed by atoms with Gasteiger partial charge < -0.3 is 14.8 Å². The summed E-state index contributed by atoms with van der Waals surface area (Å²) in [5.41, 5.74) is 2.10. The predicted octanol–water partition coefficient (Wildman–Crippen LogP) is 7.23. The molecule has 0 unspecified atom stereocenters. The second-order valence-electron chi connectivity index (χ2n) is 7.60. The van der Waals surface area contributed by atoms with E-state index in [2.05, 4.69) is 40.0 Å². The first-order valence-corrected chi connectivity index (χ1v) is 12.1. The largest absolute Gasteiger partial charge is 0.493 e. The van der Waals surface area contributed by atoms with Gasteiger partial charge in [-0.05, 0) is 80.9 Å². The zero-order valence-electron chi connectivity index (χ0n) is 18.7. The van der Waals surface area contributed by atoms with E-state index in [9.17, 15) is 10.1 Å². The quantitative estimate of drug-likeness (QED) is 0.139. The molecule has 4 aromatic carbocycles. The van der Waals surface area contributed by atoms with E-state index in [0.29, 0.717) is 34.4 Å². The van der Waals surface area contributed by atoms with Gasteiger partial charge in [-0.1, -0.05) is 60.1 Å². The maximum atomic E-state index is 12.6. The van der Waals surface area contributed by atoms with Crippen molar-refractivity contribution in [3.63, 3.8) is 0 Å². The van der Waals surface area contributed by atoms with Crippen LogP contribution in [-0.4, -0.2) is 13.0 Å². The molecule has 35 heavy (non-hydrogen) atoms. The SMILES string of the molecule is COc1cc(/C=C(\C#N)C(=O)Nc2cccc(I)c2)cc(Cl)c1OCc1cccc2ccccc12. The number of rotatable bonds is 7. The molecule has 1 amide bonds. The Morgan fingerprint density at radius 2 is 1.86 bits per heavy atom. The first kappa shape index (κ1) is 24.6. The second kappa shape index (κ2) is 11.3. The summed E-state index contributed by atoms with van der Waals surface area (Å²) in [5.74, 6) is 0.279.